The summed E-state index contributed by atoms with van der Waals surface area (Å²) in [6.45, 7) is 1.95. The fourth-order valence-corrected chi connectivity index (χ4v) is 3.47. The number of carbonyl (C=O) groups excluding carboxylic acids is 3. The van der Waals surface area contributed by atoms with Crippen molar-refractivity contribution in [2.24, 2.45) is 0 Å². The smallest absolute Gasteiger partial charge is 0.329 e. The second kappa shape index (κ2) is 7.80. The molecule has 1 aromatic rings. The Morgan fingerprint density at radius 1 is 1.29 bits per heavy atom. The fraction of sp³-hybridized carbons (Fsp3) is 0.267. The Balaban J connectivity index is 2.27. The lowest BCUT2D eigenvalue weighted by Crippen LogP contribution is -2.36. The highest BCUT2D eigenvalue weighted by Crippen LogP contribution is 2.35. The third-order valence-electron chi connectivity index (χ3n) is 3.10. The first-order chi connectivity index (χ1) is 11.4. The monoisotopic (exact) mass is 460 g/mol. The molecule has 3 amide bonds. The van der Waals surface area contributed by atoms with E-state index in [1.54, 1.807) is 12.1 Å². The number of esters is 1. The Bertz CT molecular complexity index is 710. The first-order valence-electron chi connectivity index (χ1n) is 6.90. The molecule has 1 heterocycles. The molecule has 1 aromatic carbocycles. The number of nitrogens with zero attached hydrogens (tertiary/aromatic N) is 1. The van der Waals surface area contributed by atoms with Crippen molar-refractivity contribution < 1.29 is 23.9 Å². The minimum absolute atomic E-state index is 0.0758. The molecule has 0 spiro atoms. The number of rotatable bonds is 5. The molecule has 0 aliphatic carbocycles. The normalized spacial score (nSPS) is 15.7. The van der Waals surface area contributed by atoms with Crippen molar-refractivity contribution in [1.29, 1.82) is 0 Å². The average molecular weight is 462 g/mol. The first-order valence-corrected chi connectivity index (χ1v) is 8.49. The summed E-state index contributed by atoms with van der Waals surface area (Å²) in [7, 11) is 1.19. The Morgan fingerprint density at radius 3 is 2.46 bits per heavy atom. The summed E-state index contributed by atoms with van der Waals surface area (Å²) in [4.78, 5) is 36.1. The van der Waals surface area contributed by atoms with Crippen LogP contribution in [-0.2, 0) is 14.3 Å². The summed E-state index contributed by atoms with van der Waals surface area (Å²) >= 11 is 6.80. The van der Waals surface area contributed by atoms with Crippen molar-refractivity contribution in [3.05, 3.63) is 32.3 Å². The van der Waals surface area contributed by atoms with Gasteiger partial charge in [0.15, 0.2) is 0 Å². The van der Waals surface area contributed by atoms with Crippen LogP contribution in [0.25, 0.3) is 6.08 Å². The molecule has 0 atom stereocenters. The summed E-state index contributed by atoms with van der Waals surface area (Å²) < 4.78 is 11.4. The topological polar surface area (TPSA) is 84.9 Å². The molecule has 1 aliphatic heterocycles. The number of halogens is 2. The maximum atomic E-state index is 12.2. The number of ether oxygens (including phenoxy) is 2. The van der Waals surface area contributed by atoms with E-state index in [1.807, 2.05) is 6.92 Å². The number of amides is 3. The van der Waals surface area contributed by atoms with Gasteiger partial charge in [-0.2, -0.15) is 0 Å². The summed E-state index contributed by atoms with van der Waals surface area (Å²) in [5, 5.41) is 2.44. The van der Waals surface area contributed by atoms with E-state index in [-0.39, 0.29) is 5.70 Å². The zero-order valence-corrected chi connectivity index (χ0v) is 16.1. The zero-order valence-electron chi connectivity index (χ0n) is 12.9. The van der Waals surface area contributed by atoms with Crippen molar-refractivity contribution in [1.82, 2.24) is 10.2 Å². The van der Waals surface area contributed by atoms with Crippen molar-refractivity contribution in [3.63, 3.8) is 0 Å². The summed E-state index contributed by atoms with van der Waals surface area (Å²) in [6, 6.07) is 2.84. The minimum Gasteiger partial charge on any atom is -0.492 e. The van der Waals surface area contributed by atoms with E-state index in [0.717, 1.165) is 4.90 Å². The molecule has 0 aromatic heterocycles. The van der Waals surface area contributed by atoms with Gasteiger partial charge in [-0.1, -0.05) is 0 Å². The van der Waals surface area contributed by atoms with Crippen LogP contribution in [-0.4, -0.2) is 43.1 Å². The molecular weight excluding hydrogens is 448 g/mol. The molecule has 1 aliphatic rings. The largest absolute Gasteiger partial charge is 0.492 e. The molecule has 1 N–H and O–H groups in total. The molecule has 0 unspecified atom stereocenters. The van der Waals surface area contributed by atoms with E-state index < -0.39 is 24.5 Å². The predicted molar refractivity (Wildman–Crippen MR) is 93.2 cm³/mol. The Hall–Kier alpha value is -1.87. The molecule has 128 valence electrons. The van der Waals surface area contributed by atoms with E-state index >= 15 is 0 Å². The van der Waals surface area contributed by atoms with Crippen LogP contribution >= 0.6 is 31.9 Å². The molecule has 9 heteroatoms. The lowest BCUT2D eigenvalue weighted by molar-refractivity contribution is -0.143. The highest BCUT2D eigenvalue weighted by Gasteiger charge is 2.35. The van der Waals surface area contributed by atoms with Crippen LogP contribution in [0.1, 0.15) is 12.5 Å². The van der Waals surface area contributed by atoms with Crippen LogP contribution in [0.15, 0.2) is 26.8 Å². The third kappa shape index (κ3) is 3.96. The van der Waals surface area contributed by atoms with Crippen LogP contribution in [0.3, 0.4) is 0 Å². The standard InChI is InChI=1S/C15H14Br2N2O5/c1-3-24-13-9(16)4-8(5-10(13)17)6-11-14(21)19(15(22)18-11)7-12(20)23-2/h4-6H,3,7H2,1-2H3,(H,18,22)/b11-6+. The van der Waals surface area contributed by atoms with Crippen molar-refractivity contribution >= 4 is 55.8 Å². The molecule has 7 nitrogen and oxygen atoms in total. The zero-order chi connectivity index (χ0) is 17.9. The SMILES string of the molecule is CCOc1c(Br)cc(/C=C2/NC(=O)N(CC(=O)OC)C2=O)cc1Br. The van der Waals surface area contributed by atoms with Crippen molar-refractivity contribution in [2.45, 2.75) is 6.92 Å². The first kappa shape index (κ1) is 18.5. The lowest BCUT2D eigenvalue weighted by atomic mass is 10.2. The van der Waals surface area contributed by atoms with E-state index in [0.29, 0.717) is 26.9 Å². The number of urea groups is 1. The van der Waals surface area contributed by atoms with Gasteiger partial charge < -0.3 is 14.8 Å². The highest BCUT2D eigenvalue weighted by molar-refractivity contribution is 9.11. The molecule has 1 saturated heterocycles. The lowest BCUT2D eigenvalue weighted by Gasteiger charge is -2.10. The average Bonchev–Trinajstić information content (AvgIpc) is 2.78. The number of carbonyl (C=O) groups is 3. The molecule has 0 radical (unpaired) electrons. The highest BCUT2D eigenvalue weighted by atomic mass is 79.9. The van der Waals surface area contributed by atoms with Crippen LogP contribution < -0.4 is 10.1 Å². The number of hydrogen-bond donors (Lipinski definition) is 1. The fourth-order valence-electron chi connectivity index (χ4n) is 2.02. The van der Waals surface area contributed by atoms with E-state index in [1.165, 1.54) is 13.2 Å². The Labute approximate surface area is 155 Å². The summed E-state index contributed by atoms with van der Waals surface area (Å²) in [5.74, 6) is -0.619. The molecule has 0 bridgehead atoms. The van der Waals surface area contributed by atoms with Crippen LogP contribution in [0.4, 0.5) is 4.79 Å². The Kier molecular flexibility index (Phi) is 6.00. The van der Waals surface area contributed by atoms with Gasteiger partial charge in [-0.05, 0) is 62.6 Å². The number of methoxy groups -OCH3 is 1. The van der Waals surface area contributed by atoms with Crippen LogP contribution in [0.2, 0.25) is 0 Å². The molecule has 2 rings (SSSR count). The van der Waals surface area contributed by atoms with Crippen LogP contribution in [0, 0.1) is 0 Å². The van der Waals surface area contributed by atoms with E-state index in [2.05, 4.69) is 41.9 Å². The molecule has 1 fully saturated rings. The van der Waals surface area contributed by atoms with Crippen molar-refractivity contribution in [2.75, 3.05) is 20.3 Å². The Morgan fingerprint density at radius 2 is 1.92 bits per heavy atom. The summed E-state index contributed by atoms with van der Waals surface area (Å²) in [5.41, 5.74) is 0.743. The van der Waals surface area contributed by atoms with Gasteiger partial charge >= 0.3 is 12.0 Å². The number of benzene rings is 1. The van der Waals surface area contributed by atoms with Gasteiger partial charge in [-0.3, -0.25) is 9.59 Å². The minimum atomic E-state index is -0.675. The number of hydrogen-bond acceptors (Lipinski definition) is 5. The van der Waals surface area contributed by atoms with Gasteiger partial charge in [-0.25, -0.2) is 9.69 Å². The molecular formula is C15H14Br2N2O5. The van der Waals surface area contributed by atoms with Gasteiger partial charge in [0, 0.05) is 0 Å². The maximum absolute atomic E-state index is 12.2. The third-order valence-corrected chi connectivity index (χ3v) is 4.28. The number of imide groups is 1. The van der Waals surface area contributed by atoms with E-state index in [4.69, 9.17) is 4.74 Å². The second-order valence-electron chi connectivity index (χ2n) is 4.70. The van der Waals surface area contributed by atoms with Gasteiger partial charge in [0.2, 0.25) is 0 Å². The number of nitrogens with one attached hydrogen (secondary N) is 1. The molecule has 0 saturated carbocycles. The summed E-state index contributed by atoms with van der Waals surface area (Å²) in [6.07, 6.45) is 1.52. The van der Waals surface area contributed by atoms with E-state index in [9.17, 15) is 14.4 Å². The van der Waals surface area contributed by atoms with Gasteiger partial charge in [0.1, 0.15) is 18.0 Å². The van der Waals surface area contributed by atoms with Crippen molar-refractivity contribution in [3.8, 4) is 5.75 Å². The predicted octanol–water partition coefficient (Wildman–Crippen LogP) is 2.68. The maximum Gasteiger partial charge on any atom is 0.329 e. The van der Waals surface area contributed by atoms with Gasteiger partial charge in [-0.15, -0.1) is 0 Å². The quantitative estimate of drug-likeness (QED) is 0.414. The molecule has 24 heavy (non-hydrogen) atoms. The second-order valence-corrected chi connectivity index (χ2v) is 6.41. The van der Waals surface area contributed by atoms with Crippen LogP contribution in [0.5, 0.6) is 5.75 Å². The van der Waals surface area contributed by atoms with Gasteiger partial charge in [0.05, 0.1) is 22.7 Å². The van der Waals surface area contributed by atoms with Gasteiger partial charge in [0.25, 0.3) is 5.91 Å².